The molecule has 0 spiro atoms. The van der Waals surface area contributed by atoms with E-state index in [1.807, 2.05) is 12.1 Å². The Hall–Kier alpha value is -3.03. The van der Waals surface area contributed by atoms with E-state index in [-0.39, 0.29) is 12.5 Å². The molecule has 2 aromatic carbocycles. The lowest BCUT2D eigenvalue weighted by Gasteiger charge is -2.29. The summed E-state index contributed by atoms with van der Waals surface area (Å²) in [6.45, 7) is 2.71. The summed E-state index contributed by atoms with van der Waals surface area (Å²) in [5, 5.41) is 4.00. The number of hydrogen-bond acceptors (Lipinski definition) is 6. The molecular formula is C21H19ClN2O5. The minimum Gasteiger partial charge on any atom is -0.484 e. The lowest BCUT2D eigenvalue weighted by molar-refractivity contribution is -0.118. The van der Waals surface area contributed by atoms with Gasteiger partial charge in [0.2, 0.25) is 0 Å². The predicted molar refractivity (Wildman–Crippen MR) is 111 cm³/mol. The van der Waals surface area contributed by atoms with E-state index in [2.05, 4.69) is 10.2 Å². The Morgan fingerprint density at radius 1 is 1.10 bits per heavy atom. The van der Waals surface area contributed by atoms with Crippen LogP contribution in [-0.2, 0) is 9.53 Å². The van der Waals surface area contributed by atoms with Gasteiger partial charge in [-0.05, 0) is 36.4 Å². The molecule has 150 valence electrons. The first-order valence-electron chi connectivity index (χ1n) is 9.17. The van der Waals surface area contributed by atoms with Crippen LogP contribution in [0.1, 0.15) is 0 Å². The van der Waals surface area contributed by atoms with E-state index in [4.69, 9.17) is 25.5 Å². The average molecular weight is 415 g/mol. The molecule has 1 N–H and O–H groups in total. The van der Waals surface area contributed by atoms with Crippen molar-refractivity contribution in [3.8, 4) is 5.75 Å². The first-order valence-corrected chi connectivity index (χ1v) is 9.55. The molecule has 0 atom stereocenters. The van der Waals surface area contributed by atoms with Crippen LogP contribution in [0.15, 0.2) is 57.7 Å². The number of nitrogens with zero attached hydrogens (tertiary/aromatic N) is 1. The minimum atomic E-state index is -0.442. The van der Waals surface area contributed by atoms with Crippen LogP contribution in [0, 0.1) is 0 Å². The molecule has 3 aromatic rings. The summed E-state index contributed by atoms with van der Waals surface area (Å²) in [7, 11) is 0. The summed E-state index contributed by atoms with van der Waals surface area (Å²) in [5.74, 6) is 0.0794. The number of halogens is 1. The highest BCUT2D eigenvalue weighted by molar-refractivity contribution is 6.33. The van der Waals surface area contributed by atoms with Crippen molar-refractivity contribution in [2.75, 3.05) is 43.1 Å². The summed E-state index contributed by atoms with van der Waals surface area (Å²) in [6.07, 6.45) is 0. The second kappa shape index (κ2) is 8.55. The summed E-state index contributed by atoms with van der Waals surface area (Å²) in [6, 6.07) is 13.6. The third-order valence-electron chi connectivity index (χ3n) is 4.56. The van der Waals surface area contributed by atoms with E-state index in [0.29, 0.717) is 35.3 Å². The van der Waals surface area contributed by atoms with Crippen LogP contribution in [0.2, 0.25) is 5.02 Å². The van der Waals surface area contributed by atoms with Crippen LogP contribution < -0.4 is 20.6 Å². The number of rotatable bonds is 5. The van der Waals surface area contributed by atoms with Crippen molar-refractivity contribution in [2.45, 2.75) is 0 Å². The highest BCUT2D eigenvalue weighted by Crippen LogP contribution is 2.28. The molecule has 0 aliphatic carbocycles. The molecule has 2 heterocycles. The predicted octanol–water partition coefficient (Wildman–Crippen LogP) is 3.30. The number of nitrogens with one attached hydrogen (secondary N) is 1. The van der Waals surface area contributed by atoms with Crippen molar-refractivity contribution in [3.05, 3.63) is 64.0 Å². The van der Waals surface area contributed by atoms with E-state index < -0.39 is 5.63 Å². The lowest BCUT2D eigenvalue weighted by atomic mass is 10.2. The Bertz CT molecular complexity index is 1090. The van der Waals surface area contributed by atoms with E-state index in [1.54, 1.807) is 30.3 Å². The second-order valence-electron chi connectivity index (χ2n) is 6.55. The number of carbonyl (C=O) groups excluding carboxylic acids is 1. The number of ether oxygens (including phenoxy) is 2. The van der Waals surface area contributed by atoms with Crippen molar-refractivity contribution in [3.63, 3.8) is 0 Å². The molecular weight excluding hydrogens is 396 g/mol. The normalized spacial score (nSPS) is 14.0. The molecule has 7 nitrogen and oxygen atoms in total. The van der Waals surface area contributed by atoms with Gasteiger partial charge in [-0.2, -0.15) is 0 Å². The molecule has 0 unspecified atom stereocenters. The number of benzene rings is 2. The molecule has 1 fully saturated rings. The monoisotopic (exact) mass is 414 g/mol. The second-order valence-corrected chi connectivity index (χ2v) is 6.96. The fourth-order valence-corrected chi connectivity index (χ4v) is 3.26. The third-order valence-corrected chi connectivity index (χ3v) is 4.89. The van der Waals surface area contributed by atoms with Gasteiger partial charge < -0.3 is 24.1 Å². The van der Waals surface area contributed by atoms with Crippen LogP contribution in [-0.4, -0.2) is 38.8 Å². The standard InChI is InChI=1S/C21H19ClN2O5/c22-17-5-3-15(24-7-9-27-10-8-24)11-18(17)23-20(25)13-28-16-4-1-14-2-6-21(26)29-19(14)12-16/h1-6,11-12H,7-10,13H2,(H,23,25). The quantitative estimate of drug-likeness (QED) is 0.645. The maximum Gasteiger partial charge on any atom is 0.336 e. The maximum atomic E-state index is 12.3. The zero-order chi connectivity index (χ0) is 20.2. The fourth-order valence-electron chi connectivity index (χ4n) is 3.09. The number of anilines is 2. The first kappa shape index (κ1) is 19.3. The van der Waals surface area contributed by atoms with Gasteiger partial charge in [-0.3, -0.25) is 4.79 Å². The van der Waals surface area contributed by atoms with Crippen molar-refractivity contribution in [1.29, 1.82) is 0 Å². The van der Waals surface area contributed by atoms with Crippen LogP contribution >= 0.6 is 11.6 Å². The lowest BCUT2D eigenvalue weighted by Crippen LogP contribution is -2.36. The van der Waals surface area contributed by atoms with Crippen LogP contribution in [0.25, 0.3) is 11.0 Å². The molecule has 0 saturated carbocycles. The number of morpholine rings is 1. The van der Waals surface area contributed by atoms with Crippen LogP contribution in [0.5, 0.6) is 5.75 Å². The molecule has 1 aliphatic heterocycles. The van der Waals surface area contributed by atoms with Crippen molar-refractivity contribution in [2.24, 2.45) is 0 Å². The molecule has 4 rings (SSSR count). The van der Waals surface area contributed by atoms with Crippen molar-refractivity contribution in [1.82, 2.24) is 0 Å². The highest BCUT2D eigenvalue weighted by Gasteiger charge is 2.14. The molecule has 1 aromatic heterocycles. The van der Waals surface area contributed by atoms with Crippen molar-refractivity contribution >= 4 is 39.9 Å². The maximum absolute atomic E-state index is 12.3. The van der Waals surface area contributed by atoms with Gasteiger partial charge in [0, 0.05) is 36.3 Å². The van der Waals surface area contributed by atoms with Crippen molar-refractivity contribution < 1.29 is 18.7 Å². The molecule has 8 heteroatoms. The molecule has 1 aliphatic rings. The third kappa shape index (κ3) is 4.70. The molecule has 0 bridgehead atoms. The van der Waals surface area contributed by atoms with Gasteiger partial charge >= 0.3 is 5.63 Å². The van der Waals surface area contributed by atoms with E-state index >= 15 is 0 Å². The number of carbonyl (C=O) groups is 1. The SMILES string of the molecule is O=C(COc1ccc2ccc(=O)oc2c1)Nc1cc(N2CCOCC2)ccc1Cl. The zero-order valence-electron chi connectivity index (χ0n) is 15.5. The molecule has 1 amide bonds. The molecule has 29 heavy (non-hydrogen) atoms. The Morgan fingerprint density at radius 3 is 2.72 bits per heavy atom. The fraction of sp³-hybridized carbons (Fsp3) is 0.238. The smallest absolute Gasteiger partial charge is 0.336 e. The van der Waals surface area contributed by atoms with Gasteiger partial charge in [-0.25, -0.2) is 4.79 Å². The Morgan fingerprint density at radius 2 is 1.90 bits per heavy atom. The average Bonchev–Trinajstić information content (AvgIpc) is 2.74. The first-order chi connectivity index (χ1) is 14.1. The van der Waals surface area contributed by atoms with Gasteiger partial charge in [0.15, 0.2) is 6.61 Å². The van der Waals surface area contributed by atoms with Gasteiger partial charge in [0.05, 0.1) is 23.9 Å². The number of amides is 1. The zero-order valence-corrected chi connectivity index (χ0v) is 16.3. The highest BCUT2D eigenvalue weighted by atomic mass is 35.5. The van der Waals surface area contributed by atoms with Crippen LogP contribution in [0.4, 0.5) is 11.4 Å². The summed E-state index contributed by atoms with van der Waals surface area (Å²) >= 11 is 6.24. The summed E-state index contributed by atoms with van der Waals surface area (Å²) in [5.41, 5.74) is 1.45. The Kier molecular flexibility index (Phi) is 5.69. The minimum absolute atomic E-state index is 0.208. The summed E-state index contributed by atoms with van der Waals surface area (Å²) in [4.78, 5) is 25.9. The summed E-state index contributed by atoms with van der Waals surface area (Å²) < 4.78 is 16.0. The number of fused-ring (bicyclic) bond motifs is 1. The van der Waals surface area contributed by atoms with E-state index in [0.717, 1.165) is 24.2 Å². The van der Waals surface area contributed by atoms with Gasteiger partial charge in [-0.15, -0.1) is 0 Å². The van der Waals surface area contributed by atoms with E-state index in [9.17, 15) is 9.59 Å². The van der Waals surface area contributed by atoms with Gasteiger partial charge in [-0.1, -0.05) is 11.6 Å². The van der Waals surface area contributed by atoms with E-state index in [1.165, 1.54) is 6.07 Å². The Balaban J connectivity index is 1.41. The van der Waals surface area contributed by atoms with Gasteiger partial charge in [0.1, 0.15) is 11.3 Å². The topological polar surface area (TPSA) is 81.0 Å². The largest absolute Gasteiger partial charge is 0.484 e. The molecule has 0 radical (unpaired) electrons. The number of hydrogen-bond donors (Lipinski definition) is 1. The van der Waals surface area contributed by atoms with Gasteiger partial charge in [0.25, 0.3) is 5.91 Å². The molecule has 1 saturated heterocycles. The van der Waals surface area contributed by atoms with Crippen LogP contribution in [0.3, 0.4) is 0 Å². The Labute approximate surface area is 171 Å².